The maximum absolute atomic E-state index is 12.0. The molecule has 1 fully saturated rings. The first-order valence-corrected chi connectivity index (χ1v) is 9.26. The highest BCUT2D eigenvalue weighted by atomic mass is 35.5. The smallest absolute Gasteiger partial charge is 0.0647 e. The van der Waals surface area contributed by atoms with Gasteiger partial charge in [-0.05, 0) is 36.3 Å². The van der Waals surface area contributed by atoms with E-state index in [9.17, 15) is 4.21 Å². The molecular formula is C15H19ClN2OS. The highest BCUT2D eigenvalue weighted by molar-refractivity contribution is 7.97. The molecule has 0 bridgehead atoms. The zero-order valence-corrected chi connectivity index (χ0v) is 13.1. The Hall–Kier alpha value is -0.970. The zero-order chi connectivity index (χ0) is 14.3. The zero-order valence-electron chi connectivity index (χ0n) is 11.6. The van der Waals surface area contributed by atoms with Gasteiger partial charge in [0.15, 0.2) is 0 Å². The van der Waals surface area contributed by atoms with Gasteiger partial charge in [0.05, 0.1) is 10.5 Å². The fourth-order valence-corrected chi connectivity index (χ4v) is 4.24. The van der Waals surface area contributed by atoms with Crippen molar-refractivity contribution in [3.63, 3.8) is 0 Å². The lowest BCUT2D eigenvalue weighted by molar-refractivity contribution is 0.335. The molecule has 3 rings (SSSR count). The lowest BCUT2D eigenvalue weighted by atomic mass is 9.90. The molecule has 1 aliphatic rings. The molecule has 0 radical (unpaired) electrons. The summed E-state index contributed by atoms with van der Waals surface area (Å²) < 4.78 is 14.0. The first kappa shape index (κ1) is 14.0. The molecule has 0 saturated carbocycles. The van der Waals surface area contributed by atoms with E-state index in [0.29, 0.717) is 5.92 Å². The molecule has 20 heavy (non-hydrogen) atoms. The number of benzene rings is 1. The van der Waals surface area contributed by atoms with Gasteiger partial charge in [-0.3, -0.25) is 4.21 Å². The van der Waals surface area contributed by atoms with Crippen LogP contribution >= 0.6 is 11.6 Å². The first-order valence-electron chi connectivity index (χ1n) is 6.79. The topological polar surface area (TPSA) is 36.1 Å². The van der Waals surface area contributed by atoms with E-state index >= 15 is 0 Å². The van der Waals surface area contributed by atoms with Crippen LogP contribution in [0.4, 0.5) is 0 Å². The fraction of sp³-hybridized carbons (Fsp3) is 0.400. The van der Waals surface area contributed by atoms with Crippen LogP contribution in [0.1, 0.15) is 24.3 Å². The number of H-pyrrole nitrogens is 1. The molecule has 5 heteroatoms. The number of nitrogens with one attached hydrogen (secondary N) is 1. The van der Waals surface area contributed by atoms with Gasteiger partial charge in [-0.2, -0.15) is 0 Å². The van der Waals surface area contributed by atoms with E-state index in [1.165, 1.54) is 10.9 Å². The van der Waals surface area contributed by atoms with Gasteiger partial charge in [-0.1, -0.05) is 23.7 Å². The molecule has 2 aromatic rings. The van der Waals surface area contributed by atoms with Gasteiger partial charge in [-0.15, -0.1) is 0 Å². The van der Waals surface area contributed by atoms with Gasteiger partial charge in [0.25, 0.3) is 0 Å². The Bertz CT molecular complexity index is 727. The number of hydrogen-bond acceptors (Lipinski definition) is 1. The molecule has 108 valence electrons. The lowest BCUT2D eigenvalue weighted by Gasteiger charge is -2.32. The molecule has 1 N–H and O–H groups in total. The summed E-state index contributed by atoms with van der Waals surface area (Å²) >= 11 is 6.21. The van der Waals surface area contributed by atoms with Crippen molar-refractivity contribution in [1.29, 1.82) is 0 Å². The van der Waals surface area contributed by atoms with E-state index in [2.05, 4.69) is 23.1 Å². The second-order valence-electron chi connectivity index (χ2n) is 5.57. The van der Waals surface area contributed by atoms with Crippen LogP contribution in [-0.2, 0) is 9.71 Å². The Kier molecular flexibility index (Phi) is 3.56. The number of para-hydroxylation sites is 1. The first-order chi connectivity index (χ1) is 9.47. The predicted molar refractivity (Wildman–Crippen MR) is 88.0 cm³/mol. The minimum absolute atomic E-state index is 0.500. The maximum atomic E-state index is 12.0. The quantitative estimate of drug-likeness (QED) is 0.849. The van der Waals surface area contributed by atoms with E-state index < -0.39 is 9.71 Å². The molecule has 0 aliphatic carbocycles. The molecule has 1 unspecified atom stereocenters. The fourth-order valence-electron chi connectivity index (χ4n) is 3.03. The number of nitrogens with zero attached hydrogens (tertiary/aromatic N) is 1. The van der Waals surface area contributed by atoms with Crippen molar-refractivity contribution >= 4 is 38.1 Å². The van der Waals surface area contributed by atoms with Crippen LogP contribution in [0, 0.1) is 0 Å². The number of hydrogen-bond donors (Lipinski definition) is 1. The monoisotopic (exact) mass is 310 g/mol. The summed E-state index contributed by atoms with van der Waals surface area (Å²) in [6.45, 7) is 1.69. The number of rotatable bonds is 2. The summed E-state index contributed by atoms with van der Waals surface area (Å²) in [6.07, 6.45) is 5.82. The Morgan fingerprint density at radius 2 is 2.10 bits per heavy atom. The van der Waals surface area contributed by atoms with Crippen molar-refractivity contribution in [3.8, 4) is 0 Å². The summed E-state index contributed by atoms with van der Waals surface area (Å²) in [4.78, 5) is 3.28. The van der Waals surface area contributed by atoms with E-state index in [1.807, 2.05) is 16.4 Å². The largest absolute Gasteiger partial charge is 0.360 e. The van der Waals surface area contributed by atoms with Crippen molar-refractivity contribution < 1.29 is 4.21 Å². The van der Waals surface area contributed by atoms with Crippen LogP contribution in [0.5, 0.6) is 0 Å². The molecule has 1 aliphatic heterocycles. The van der Waals surface area contributed by atoms with Crippen molar-refractivity contribution in [3.05, 3.63) is 35.0 Å². The third-order valence-corrected chi connectivity index (χ3v) is 5.91. The second kappa shape index (κ2) is 5.10. The second-order valence-corrected chi connectivity index (χ2v) is 8.41. The molecule has 0 spiro atoms. The molecule has 3 nitrogen and oxygen atoms in total. The van der Waals surface area contributed by atoms with Gasteiger partial charge in [-0.25, -0.2) is 4.31 Å². The lowest BCUT2D eigenvalue weighted by Crippen LogP contribution is -2.36. The summed E-state index contributed by atoms with van der Waals surface area (Å²) in [7, 11) is -2.06. The summed E-state index contributed by atoms with van der Waals surface area (Å²) in [5.41, 5.74) is 2.34. The normalized spacial score (nSPS) is 21.1. The molecule has 1 aromatic heterocycles. The van der Waals surface area contributed by atoms with Crippen LogP contribution in [0.15, 0.2) is 24.4 Å². The highest BCUT2D eigenvalue weighted by Crippen LogP contribution is 2.35. The van der Waals surface area contributed by atoms with Crippen LogP contribution in [0.25, 0.3) is 10.9 Å². The number of piperidine rings is 1. The van der Waals surface area contributed by atoms with Crippen molar-refractivity contribution in [2.45, 2.75) is 18.8 Å². The van der Waals surface area contributed by atoms with Crippen LogP contribution in [-0.4, -0.2) is 38.7 Å². The summed E-state index contributed by atoms with van der Waals surface area (Å²) in [5, 5.41) is 1.98. The van der Waals surface area contributed by atoms with Crippen LogP contribution in [0.2, 0.25) is 5.02 Å². The molecule has 1 saturated heterocycles. The Balaban J connectivity index is 1.86. The standard InChI is InChI=1S/C15H19ClN2OS/c1-20(2,19)18-8-6-11(7-9-18)13-10-17-15-12(13)4-3-5-14(15)16/h3-5,10-11,17H,1,6-9H2,2H3. The molecule has 1 aromatic carbocycles. The number of aromatic amines is 1. The Morgan fingerprint density at radius 3 is 2.75 bits per heavy atom. The number of aromatic nitrogens is 1. The van der Waals surface area contributed by atoms with Crippen molar-refractivity contribution in [2.75, 3.05) is 19.3 Å². The Labute approximate surface area is 125 Å². The van der Waals surface area contributed by atoms with Crippen LogP contribution < -0.4 is 0 Å². The third-order valence-electron chi connectivity index (χ3n) is 4.14. The third kappa shape index (κ3) is 2.48. The van der Waals surface area contributed by atoms with Crippen LogP contribution in [0.3, 0.4) is 0 Å². The van der Waals surface area contributed by atoms with E-state index in [0.717, 1.165) is 36.5 Å². The van der Waals surface area contributed by atoms with E-state index in [1.54, 1.807) is 6.26 Å². The van der Waals surface area contributed by atoms with Gasteiger partial charge in [0.2, 0.25) is 0 Å². The number of halogens is 1. The summed E-state index contributed by atoms with van der Waals surface area (Å²) in [5.74, 6) is 4.27. The van der Waals surface area contributed by atoms with Crippen molar-refractivity contribution in [1.82, 2.24) is 9.29 Å². The number of fused-ring (bicyclic) bond motifs is 1. The molecule has 2 heterocycles. The molecule has 0 amide bonds. The summed E-state index contributed by atoms with van der Waals surface area (Å²) in [6, 6.07) is 6.01. The SMILES string of the molecule is C=S(C)(=O)N1CCC(c2c[nH]c3c(Cl)cccc23)CC1. The van der Waals surface area contributed by atoms with Gasteiger partial charge < -0.3 is 4.98 Å². The molecule has 1 atom stereocenters. The van der Waals surface area contributed by atoms with Gasteiger partial charge in [0.1, 0.15) is 0 Å². The average Bonchev–Trinajstić information content (AvgIpc) is 2.83. The maximum Gasteiger partial charge on any atom is 0.0647 e. The van der Waals surface area contributed by atoms with Crippen molar-refractivity contribution in [2.24, 2.45) is 0 Å². The highest BCUT2D eigenvalue weighted by Gasteiger charge is 2.25. The molecular weight excluding hydrogens is 292 g/mol. The minimum atomic E-state index is -2.06. The van der Waals surface area contributed by atoms with Gasteiger partial charge >= 0.3 is 0 Å². The van der Waals surface area contributed by atoms with E-state index in [-0.39, 0.29) is 0 Å². The van der Waals surface area contributed by atoms with Gasteiger partial charge in [0, 0.05) is 40.6 Å². The van der Waals surface area contributed by atoms with E-state index in [4.69, 9.17) is 11.6 Å². The average molecular weight is 311 g/mol. The predicted octanol–water partition coefficient (Wildman–Crippen LogP) is 3.26. The minimum Gasteiger partial charge on any atom is -0.360 e. The Morgan fingerprint density at radius 1 is 1.40 bits per heavy atom.